The second-order valence-electron chi connectivity index (χ2n) is 8.25. The van der Waals surface area contributed by atoms with Gasteiger partial charge in [0.2, 0.25) is 24.5 Å². The Morgan fingerprint density at radius 3 is 2.66 bits per heavy atom. The quantitative estimate of drug-likeness (QED) is 0.680. The lowest BCUT2D eigenvalue weighted by Crippen LogP contribution is -2.51. The second-order valence-corrected chi connectivity index (χ2v) is 8.25. The third kappa shape index (κ3) is 4.66. The summed E-state index contributed by atoms with van der Waals surface area (Å²) in [4.78, 5) is 43.8. The average molecular weight is 438 g/mol. The summed E-state index contributed by atoms with van der Waals surface area (Å²) in [5.74, 6) is -0.157. The number of amides is 3. The van der Waals surface area contributed by atoms with E-state index in [1.54, 1.807) is 35.5 Å². The van der Waals surface area contributed by atoms with Gasteiger partial charge in [0.05, 0.1) is 5.92 Å². The van der Waals surface area contributed by atoms with Crippen LogP contribution in [0, 0.1) is 11.8 Å². The maximum absolute atomic E-state index is 12.9. The van der Waals surface area contributed by atoms with Crippen LogP contribution in [0.1, 0.15) is 25.8 Å². The van der Waals surface area contributed by atoms with Gasteiger partial charge in [-0.1, -0.05) is 13.8 Å². The van der Waals surface area contributed by atoms with Crippen LogP contribution in [0.3, 0.4) is 0 Å². The summed E-state index contributed by atoms with van der Waals surface area (Å²) in [6.07, 6.45) is 3.40. The van der Waals surface area contributed by atoms with E-state index in [0.717, 1.165) is 5.56 Å². The molecule has 9 nitrogen and oxygen atoms in total. The van der Waals surface area contributed by atoms with Crippen molar-refractivity contribution in [2.24, 2.45) is 11.8 Å². The van der Waals surface area contributed by atoms with Gasteiger partial charge >= 0.3 is 0 Å². The van der Waals surface area contributed by atoms with Gasteiger partial charge in [0.25, 0.3) is 0 Å². The highest BCUT2D eigenvalue weighted by Crippen LogP contribution is 2.37. The van der Waals surface area contributed by atoms with Crippen LogP contribution in [0.4, 0.5) is 5.69 Å². The summed E-state index contributed by atoms with van der Waals surface area (Å²) in [5, 5.41) is 5.70. The molecule has 1 fully saturated rings. The molecule has 32 heavy (non-hydrogen) atoms. The summed E-state index contributed by atoms with van der Waals surface area (Å²) < 4.78 is 10.7. The van der Waals surface area contributed by atoms with E-state index in [1.807, 2.05) is 26.0 Å². The highest BCUT2D eigenvalue weighted by molar-refractivity contribution is 6.01. The van der Waals surface area contributed by atoms with Crippen molar-refractivity contribution >= 4 is 23.4 Å². The van der Waals surface area contributed by atoms with E-state index < -0.39 is 12.0 Å². The first-order chi connectivity index (χ1) is 15.4. The molecule has 0 saturated carbocycles. The average Bonchev–Trinajstić information content (AvgIpc) is 3.42. The van der Waals surface area contributed by atoms with Crippen molar-refractivity contribution in [3.63, 3.8) is 0 Å². The van der Waals surface area contributed by atoms with Gasteiger partial charge in [0.15, 0.2) is 11.5 Å². The minimum atomic E-state index is -0.695. The van der Waals surface area contributed by atoms with Crippen LogP contribution in [0.25, 0.3) is 0 Å². The number of carbonyl (C=O) groups is 3. The molecule has 2 N–H and O–H groups in total. The molecule has 0 spiro atoms. The molecule has 2 aliphatic heterocycles. The Kier molecular flexibility index (Phi) is 6.25. The predicted octanol–water partition coefficient (Wildman–Crippen LogP) is 1.62. The fourth-order valence-electron chi connectivity index (χ4n) is 3.79. The highest BCUT2D eigenvalue weighted by atomic mass is 16.7. The number of anilines is 1. The number of ether oxygens (including phenoxy) is 2. The van der Waals surface area contributed by atoms with Crippen molar-refractivity contribution in [2.45, 2.75) is 32.9 Å². The molecule has 0 aliphatic carbocycles. The lowest BCUT2D eigenvalue weighted by Gasteiger charge is -2.23. The van der Waals surface area contributed by atoms with Crippen molar-refractivity contribution < 1.29 is 23.9 Å². The first-order valence-corrected chi connectivity index (χ1v) is 10.6. The molecular weight excluding hydrogens is 412 g/mol. The van der Waals surface area contributed by atoms with Crippen LogP contribution in [0.15, 0.2) is 42.7 Å². The molecule has 0 radical (unpaired) electrons. The fourth-order valence-corrected chi connectivity index (χ4v) is 3.79. The minimum absolute atomic E-state index is 0.0870. The van der Waals surface area contributed by atoms with Gasteiger partial charge in [0, 0.05) is 43.7 Å². The lowest BCUT2D eigenvalue weighted by molar-refractivity contribution is -0.132. The van der Waals surface area contributed by atoms with Crippen LogP contribution < -0.4 is 25.0 Å². The number of benzene rings is 1. The summed E-state index contributed by atoms with van der Waals surface area (Å²) in [6, 6.07) is 8.20. The molecule has 3 amide bonds. The van der Waals surface area contributed by atoms with Gasteiger partial charge in [-0.3, -0.25) is 19.4 Å². The first-order valence-electron chi connectivity index (χ1n) is 10.6. The Labute approximate surface area is 186 Å². The lowest BCUT2D eigenvalue weighted by atomic mass is 10.0. The van der Waals surface area contributed by atoms with E-state index in [0.29, 0.717) is 23.7 Å². The number of hydrogen-bond donors (Lipinski definition) is 2. The van der Waals surface area contributed by atoms with Gasteiger partial charge in [-0.05, 0) is 35.7 Å². The molecule has 1 aromatic heterocycles. The third-order valence-corrected chi connectivity index (χ3v) is 5.63. The van der Waals surface area contributed by atoms with Crippen molar-refractivity contribution in [3.05, 3.63) is 48.3 Å². The zero-order valence-corrected chi connectivity index (χ0v) is 18.0. The van der Waals surface area contributed by atoms with Crippen LogP contribution in [0.5, 0.6) is 11.5 Å². The standard InChI is InChI=1S/C23H26N4O5/c1-14(2)21(23(30)25-11-15-5-7-24-8-6-15)26-22(29)16-9-20(28)27(12-16)17-3-4-18-19(10-17)32-13-31-18/h3-8,10,14,16,21H,9,11-13H2,1-2H3,(H,25,30)(H,26,29)/t16?,21-/m1/s1. The minimum Gasteiger partial charge on any atom is -0.454 e. The van der Waals surface area contributed by atoms with E-state index in [2.05, 4.69) is 15.6 Å². The number of nitrogens with zero attached hydrogens (tertiary/aromatic N) is 2. The highest BCUT2D eigenvalue weighted by Gasteiger charge is 2.37. The molecule has 168 valence electrons. The largest absolute Gasteiger partial charge is 0.454 e. The van der Waals surface area contributed by atoms with Gasteiger partial charge in [0.1, 0.15) is 6.04 Å². The SMILES string of the molecule is CC(C)[C@@H](NC(=O)C1CC(=O)N(c2ccc3c(c2)OCO3)C1)C(=O)NCc1ccncc1. The number of rotatable bonds is 7. The topological polar surface area (TPSA) is 110 Å². The monoisotopic (exact) mass is 438 g/mol. The molecule has 0 bridgehead atoms. The Bertz CT molecular complexity index is 1010. The Hall–Kier alpha value is -3.62. The molecule has 2 aliphatic rings. The van der Waals surface area contributed by atoms with Crippen molar-refractivity contribution in [2.75, 3.05) is 18.2 Å². The van der Waals surface area contributed by atoms with Crippen LogP contribution in [0.2, 0.25) is 0 Å². The number of fused-ring (bicyclic) bond motifs is 1. The van der Waals surface area contributed by atoms with Crippen molar-refractivity contribution in [1.82, 2.24) is 15.6 Å². The molecule has 9 heteroatoms. The van der Waals surface area contributed by atoms with E-state index >= 15 is 0 Å². The van der Waals surface area contributed by atoms with Crippen LogP contribution in [-0.2, 0) is 20.9 Å². The Balaban J connectivity index is 1.37. The summed E-state index contributed by atoms with van der Waals surface area (Å²) in [5.41, 5.74) is 1.58. The van der Waals surface area contributed by atoms with E-state index in [1.165, 1.54) is 0 Å². The van der Waals surface area contributed by atoms with E-state index in [-0.39, 0.29) is 43.4 Å². The van der Waals surface area contributed by atoms with Gasteiger partial charge in [-0.25, -0.2) is 0 Å². The summed E-state index contributed by atoms with van der Waals surface area (Å²) in [6.45, 7) is 4.48. The van der Waals surface area contributed by atoms with Gasteiger partial charge < -0.3 is 25.0 Å². The molecule has 2 aromatic rings. The predicted molar refractivity (Wildman–Crippen MR) is 116 cm³/mol. The Morgan fingerprint density at radius 2 is 1.91 bits per heavy atom. The molecule has 1 aromatic carbocycles. The second kappa shape index (κ2) is 9.25. The molecule has 1 saturated heterocycles. The molecular formula is C23H26N4O5. The third-order valence-electron chi connectivity index (χ3n) is 5.63. The molecule has 4 rings (SSSR count). The molecule has 1 unspecified atom stereocenters. The smallest absolute Gasteiger partial charge is 0.243 e. The summed E-state index contributed by atoms with van der Waals surface area (Å²) in [7, 11) is 0. The number of pyridine rings is 1. The number of carbonyl (C=O) groups excluding carboxylic acids is 3. The number of aromatic nitrogens is 1. The van der Waals surface area contributed by atoms with E-state index in [4.69, 9.17) is 9.47 Å². The van der Waals surface area contributed by atoms with Crippen LogP contribution >= 0.6 is 0 Å². The maximum atomic E-state index is 12.9. The van der Waals surface area contributed by atoms with Crippen LogP contribution in [-0.4, -0.2) is 42.1 Å². The maximum Gasteiger partial charge on any atom is 0.243 e. The number of hydrogen-bond acceptors (Lipinski definition) is 6. The van der Waals surface area contributed by atoms with Gasteiger partial charge in [-0.15, -0.1) is 0 Å². The summed E-state index contributed by atoms with van der Waals surface area (Å²) >= 11 is 0. The normalized spacial score (nSPS) is 18.0. The Morgan fingerprint density at radius 1 is 1.16 bits per heavy atom. The fraction of sp³-hybridized carbons (Fsp3) is 0.391. The molecule has 2 atom stereocenters. The van der Waals surface area contributed by atoms with Crippen molar-refractivity contribution in [1.29, 1.82) is 0 Å². The van der Waals surface area contributed by atoms with E-state index in [9.17, 15) is 14.4 Å². The first kappa shape index (κ1) is 21.6. The zero-order chi connectivity index (χ0) is 22.7. The molecule has 3 heterocycles. The van der Waals surface area contributed by atoms with Gasteiger partial charge in [-0.2, -0.15) is 0 Å². The number of nitrogens with one attached hydrogen (secondary N) is 2. The zero-order valence-electron chi connectivity index (χ0n) is 18.0. The van der Waals surface area contributed by atoms with Crippen molar-refractivity contribution in [3.8, 4) is 11.5 Å².